The fraction of sp³-hybridized carbons (Fsp3) is 0.375. The highest BCUT2D eigenvalue weighted by Gasteiger charge is 2.49. The molecule has 0 radical (unpaired) electrons. The number of aliphatic carboxylic acids is 1. The van der Waals surface area contributed by atoms with Crippen molar-refractivity contribution >= 4 is 11.9 Å². The summed E-state index contributed by atoms with van der Waals surface area (Å²) in [6.07, 6.45) is 0.457. The Morgan fingerprint density at radius 3 is 2.29 bits per heavy atom. The minimum atomic E-state index is -1.89. The summed E-state index contributed by atoms with van der Waals surface area (Å²) >= 11 is 0. The van der Waals surface area contributed by atoms with Gasteiger partial charge in [0.05, 0.1) is 6.61 Å². The van der Waals surface area contributed by atoms with Gasteiger partial charge in [0.2, 0.25) is 0 Å². The Bertz CT molecular complexity index is 536. The fourth-order valence-corrected chi connectivity index (χ4v) is 2.07. The number of ether oxygens (including phenoxy) is 1. The van der Waals surface area contributed by atoms with Crippen LogP contribution in [0.4, 0.5) is 4.39 Å². The first-order chi connectivity index (χ1) is 9.88. The number of hydrogen-bond acceptors (Lipinski definition) is 3. The molecule has 0 aliphatic rings. The lowest BCUT2D eigenvalue weighted by Gasteiger charge is -2.28. The molecule has 4 nitrogen and oxygen atoms in total. The summed E-state index contributed by atoms with van der Waals surface area (Å²) in [6, 6.07) is 4.84. The highest BCUT2D eigenvalue weighted by molar-refractivity contribution is 6.05. The van der Waals surface area contributed by atoms with Crippen molar-refractivity contribution in [2.75, 3.05) is 6.61 Å². The molecule has 1 aromatic rings. The predicted molar refractivity (Wildman–Crippen MR) is 76.4 cm³/mol. The van der Waals surface area contributed by atoms with Crippen LogP contribution in [0.3, 0.4) is 0 Å². The monoisotopic (exact) mass is 294 g/mol. The van der Waals surface area contributed by atoms with E-state index in [1.807, 2.05) is 6.92 Å². The minimum absolute atomic E-state index is 0.0632. The molecule has 0 aliphatic carbocycles. The van der Waals surface area contributed by atoms with Crippen molar-refractivity contribution < 1.29 is 23.8 Å². The number of allylic oxidation sites excluding steroid dienone is 1. The van der Waals surface area contributed by atoms with E-state index in [1.54, 1.807) is 6.92 Å². The smallest absolute Gasteiger partial charge is 0.328 e. The van der Waals surface area contributed by atoms with E-state index in [0.29, 0.717) is 12.0 Å². The Morgan fingerprint density at radius 2 is 1.86 bits per heavy atom. The lowest BCUT2D eigenvalue weighted by atomic mass is 9.75. The molecule has 1 rings (SSSR count). The molecule has 1 unspecified atom stereocenters. The molecule has 0 bridgehead atoms. The van der Waals surface area contributed by atoms with Crippen molar-refractivity contribution in [3.63, 3.8) is 0 Å². The van der Waals surface area contributed by atoms with Crippen molar-refractivity contribution in [2.45, 2.75) is 32.1 Å². The van der Waals surface area contributed by atoms with E-state index in [-0.39, 0.29) is 18.6 Å². The molecule has 1 N–H and O–H groups in total. The molecule has 0 saturated heterocycles. The van der Waals surface area contributed by atoms with E-state index in [0.717, 1.165) is 12.1 Å². The highest BCUT2D eigenvalue weighted by Crippen LogP contribution is 2.34. The summed E-state index contributed by atoms with van der Waals surface area (Å²) < 4.78 is 18.0. The third-order valence-electron chi connectivity index (χ3n) is 3.34. The van der Waals surface area contributed by atoms with Gasteiger partial charge in [-0.2, -0.15) is 0 Å². The summed E-state index contributed by atoms with van der Waals surface area (Å²) in [5, 5.41) is 9.65. The first kappa shape index (κ1) is 16.9. The number of benzene rings is 1. The molecule has 0 aliphatic heterocycles. The lowest BCUT2D eigenvalue weighted by molar-refractivity contribution is -0.161. The number of carbonyl (C=O) groups excluding carboxylic acids is 1. The van der Waals surface area contributed by atoms with Crippen LogP contribution in [0.1, 0.15) is 32.3 Å². The van der Waals surface area contributed by atoms with Gasteiger partial charge >= 0.3 is 11.9 Å². The van der Waals surface area contributed by atoms with Crippen LogP contribution >= 0.6 is 0 Å². The van der Waals surface area contributed by atoms with Crippen LogP contribution in [-0.2, 0) is 19.7 Å². The molecule has 1 aromatic carbocycles. The second-order valence-corrected chi connectivity index (χ2v) is 4.72. The summed E-state index contributed by atoms with van der Waals surface area (Å²) in [4.78, 5) is 24.1. The first-order valence-electron chi connectivity index (χ1n) is 6.71. The summed E-state index contributed by atoms with van der Waals surface area (Å²) in [5.41, 5.74) is -1.10. The number of carboxylic acid groups (broad SMARTS) is 1. The van der Waals surface area contributed by atoms with Crippen LogP contribution in [0, 0.1) is 5.82 Å². The maximum atomic E-state index is 13.1. The van der Waals surface area contributed by atoms with E-state index in [1.165, 1.54) is 12.1 Å². The Labute approximate surface area is 123 Å². The molecular weight excluding hydrogens is 275 g/mol. The number of rotatable bonds is 7. The van der Waals surface area contributed by atoms with Crippen LogP contribution in [0.15, 0.2) is 36.4 Å². The number of halogens is 1. The third kappa shape index (κ3) is 3.48. The quantitative estimate of drug-likeness (QED) is 0.477. The SMILES string of the molecule is C=C(CC)CC(C(=O)O)(C(=O)OCC)c1ccc(F)cc1. The van der Waals surface area contributed by atoms with Gasteiger partial charge in [-0.15, -0.1) is 0 Å². The lowest BCUT2D eigenvalue weighted by Crippen LogP contribution is -2.45. The van der Waals surface area contributed by atoms with Crippen molar-refractivity contribution in [1.29, 1.82) is 0 Å². The summed E-state index contributed by atoms with van der Waals surface area (Å²) in [5.74, 6) is -2.70. The molecule has 0 amide bonds. The second kappa shape index (κ2) is 7.02. The second-order valence-electron chi connectivity index (χ2n) is 4.72. The number of esters is 1. The Balaban J connectivity index is 3.42. The Morgan fingerprint density at radius 1 is 1.29 bits per heavy atom. The number of carboxylic acids is 1. The molecule has 1 atom stereocenters. The van der Waals surface area contributed by atoms with Gasteiger partial charge < -0.3 is 9.84 Å². The van der Waals surface area contributed by atoms with Gasteiger partial charge in [0.1, 0.15) is 5.82 Å². The highest BCUT2D eigenvalue weighted by atomic mass is 19.1. The zero-order chi connectivity index (χ0) is 16.0. The molecule has 5 heteroatoms. The zero-order valence-electron chi connectivity index (χ0n) is 12.2. The largest absolute Gasteiger partial charge is 0.480 e. The molecule has 0 saturated carbocycles. The van der Waals surface area contributed by atoms with Crippen molar-refractivity contribution in [1.82, 2.24) is 0 Å². The van der Waals surface area contributed by atoms with Gasteiger partial charge in [0.15, 0.2) is 5.41 Å². The van der Waals surface area contributed by atoms with Gasteiger partial charge in [-0.1, -0.05) is 31.2 Å². The molecule has 21 heavy (non-hydrogen) atoms. The fourth-order valence-electron chi connectivity index (χ4n) is 2.07. The van der Waals surface area contributed by atoms with E-state index >= 15 is 0 Å². The normalized spacial score (nSPS) is 13.3. The van der Waals surface area contributed by atoms with Gasteiger partial charge in [0.25, 0.3) is 0 Å². The van der Waals surface area contributed by atoms with E-state index in [4.69, 9.17) is 4.74 Å². The van der Waals surface area contributed by atoms with Gasteiger partial charge in [-0.05, 0) is 37.5 Å². The van der Waals surface area contributed by atoms with Crippen molar-refractivity contribution in [3.05, 3.63) is 47.8 Å². The summed E-state index contributed by atoms with van der Waals surface area (Å²) in [6.45, 7) is 7.27. The molecular formula is C16H19FO4. The van der Waals surface area contributed by atoms with Crippen LogP contribution in [0.25, 0.3) is 0 Å². The third-order valence-corrected chi connectivity index (χ3v) is 3.34. The molecule has 0 heterocycles. The molecule has 0 aromatic heterocycles. The maximum absolute atomic E-state index is 13.1. The molecule has 0 spiro atoms. The van der Waals surface area contributed by atoms with Crippen LogP contribution in [0.2, 0.25) is 0 Å². The number of hydrogen-bond donors (Lipinski definition) is 1. The maximum Gasteiger partial charge on any atom is 0.328 e. The minimum Gasteiger partial charge on any atom is -0.480 e. The topological polar surface area (TPSA) is 63.6 Å². The Kier molecular flexibility index (Phi) is 5.64. The standard InChI is InChI=1S/C16H19FO4/c1-4-11(3)10-16(14(18)19,15(20)21-5-2)12-6-8-13(17)9-7-12/h6-9H,3-5,10H2,1-2H3,(H,18,19). The van der Waals surface area contributed by atoms with Crippen LogP contribution in [0.5, 0.6) is 0 Å². The van der Waals surface area contributed by atoms with E-state index < -0.39 is 23.2 Å². The van der Waals surface area contributed by atoms with Gasteiger partial charge in [-0.25, -0.2) is 4.39 Å². The van der Waals surface area contributed by atoms with Crippen molar-refractivity contribution in [2.24, 2.45) is 0 Å². The summed E-state index contributed by atoms with van der Waals surface area (Å²) in [7, 11) is 0. The van der Waals surface area contributed by atoms with Gasteiger partial charge in [0, 0.05) is 0 Å². The zero-order valence-corrected chi connectivity index (χ0v) is 12.2. The molecule has 114 valence electrons. The number of carbonyl (C=O) groups is 2. The van der Waals surface area contributed by atoms with Crippen LogP contribution < -0.4 is 0 Å². The first-order valence-corrected chi connectivity index (χ1v) is 6.71. The predicted octanol–water partition coefficient (Wildman–Crippen LogP) is 3.07. The average Bonchev–Trinajstić information content (AvgIpc) is 2.45. The Hall–Kier alpha value is -2.17. The van der Waals surface area contributed by atoms with E-state index in [2.05, 4.69) is 6.58 Å². The van der Waals surface area contributed by atoms with E-state index in [9.17, 15) is 19.1 Å². The average molecular weight is 294 g/mol. The molecule has 0 fully saturated rings. The van der Waals surface area contributed by atoms with Crippen molar-refractivity contribution in [3.8, 4) is 0 Å². The van der Waals surface area contributed by atoms with Gasteiger partial charge in [-0.3, -0.25) is 9.59 Å². The van der Waals surface area contributed by atoms with Crippen LogP contribution in [-0.4, -0.2) is 23.7 Å².